The van der Waals surface area contributed by atoms with Crippen molar-refractivity contribution in [3.63, 3.8) is 0 Å². The second kappa shape index (κ2) is 2.92. The zero-order valence-electron chi connectivity index (χ0n) is 6.84. The van der Waals surface area contributed by atoms with E-state index in [0.29, 0.717) is 29.3 Å². The molecule has 0 unspecified atom stereocenters. The molecule has 1 aromatic carbocycles. The molecule has 0 saturated heterocycles. The van der Waals surface area contributed by atoms with Crippen molar-refractivity contribution < 1.29 is 9.53 Å². The van der Waals surface area contributed by atoms with Crippen molar-refractivity contribution in [3.05, 3.63) is 28.3 Å². The number of benzene rings is 1. The molecule has 0 amide bonds. The normalized spacial score (nSPS) is 15.0. The number of carbonyl (C=O) groups is 1. The number of nitrogens with two attached hydrogens (primary N) is 1. The van der Waals surface area contributed by atoms with E-state index in [0.717, 1.165) is 5.56 Å². The number of halogens is 1. The quantitative estimate of drug-likeness (QED) is 0.508. The van der Waals surface area contributed by atoms with Crippen molar-refractivity contribution in [2.75, 3.05) is 12.3 Å². The van der Waals surface area contributed by atoms with Crippen LogP contribution in [0, 0.1) is 0 Å². The summed E-state index contributed by atoms with van der Waals surface area (Å²) < 4.78 is 4.86. The molecule has 0 aliphatic carbocycles. The van der Waals surface area contributed by atoms with Crippen LogP contribution in [0.1, 0.15) is 15.9 Å². The highest BCUT2D eigenvalue weighted by molar-refractivity contribution is 6.34. The lowest BCUT2D eigenvalue weighted by Gasteiger charge is -2.18. The Kier molecular flexibility index (Phi) is 1.88. The summed E-state index contributed by atoms with van der Waals surface area (Å²) in [5, 5.41) is 0.411. The zero-order valence-corrected chi connectivity index (χ0v) is 7.60. The van der Waals surface area contributed by atoms with Crippen LogP contribution in [0.4, 0.5) is 5.69 Å². The minimum Gasteiger partial charge on any atom is -0.462 e. The molecular formula is C9H8ClNO2. The van der Waals surface area contributed by atoms with Gasteiger partial charge in [-0.2, -0.15) is 0 Å². The van der Waals surface area contributed by atoms with Crippen LogP contribution in [-0.2, 0) is 11.2 Å². The Morgan fingerprint density at radius 1 is 1.46 bits per heavy atom. The summed E-state index contributed by atoms with van der Waals surface area (Å²) in [4.78, 5) is 11.3. The van der Waals surface area contributed by atoms with Gasteiger partial charge < -0.3 is 10.5 Å². The number of esters is 1. The van der Waals surface area contributed by atoms with Crippen LogP contribution in [0.2, 0.25) is 5.02 Å². The topological polar surface area (TPSA) is 52.3 Å². The maximum absolute atomic E-state index is 11.3. The number of hydrogen-bond acceptors (Lipinski definition) is 3. The number of carbonyl (C=O) groups excluding carboxylic acids is 1. The lowest BCUT2D eigenvalue weighted by atomic mass is 10.0. The SMILES string of the molecule is Nc1ccc(Cl)c2c1CCOC2=O. The molecule has 0 fully saturated rings. The van der Waals surface area contributed by atoms with E-state index in [2.05, 4.69) is 0 Å². The van der Waals surface area contributed by atoms with Crippen LogP contribution in [0.25, 0.3) is 0 Å². The molecule has 13 heavy (non-hydrogen) atoms. The van der Waals surface area contributed by atoms with Crippen molar-refractivity contribution in [2.45, 2.75) is 6.42 Å². The molecule has 0 aromatic heterocycles. The number of cyclic esters (lactones) is 1. The predicted molar refractivity (Wildman–Crippen MR) is 49.9 cm³/mol. The molecule has 4 heteroatoms. The molecule has 1 aromatic rings. The van der Waals surface area contributed by atoms with E-state index < -0.39 is 0 Å². The van der Waals surface area contributed by atoms with Crippen molar-refractivity contribution >= 4 is 23.3 Å². The van der Waals surface area contributed by atoms with Gasteiger partial charge in [-0.1, -0.05) is 11.6 Å². The second-order valence-corrected chi connectivity index (χ2v) is 3.28. The summed E-state index contributed by atoms with van der Waals surface area (Å²) in [7, 11) is 0. The highest BCUT2D eigenvalue weighted by atomic mass is 35.5. The Balaban J connectivity index is 2.67. The molecule has 0 spiro atoms. The molecule has 3 nitrogen and oxygen atoms in total. The summed E-state index contributed by atoms with van der Waals surface area (Å²) in [6, 6.07) is 3.32. The van der Waals surface area contributed by atoms with Gasteiger partial charge in [0.15, 0.2) is 0 Å². The van der Waals surface area contributed by atoms with Crippen molar-refractivity contribution in [1.82, 2.24) is 0 Å². The van der Waals surface area contributed by atoms with E-state index in [9.17, 15) is 4.79 Å². The summed E-state index contributed by atoms with van der Waals surface area (Å²) in [5.41, 5.74) is 7.55. The van der Waals surface area contributed by atoms with Gasteiger partial charge in [-0.25, -0.2) is 4.79 Å². The molecule has 0 atom stereocenters. The van der Waals surface area contributed by atoms with Crippen molar-refractivity contribution in [2.24, 2.45) is 0 Å². The van der Waals surface area contributed by atoms with Gasteiger partial charge in [-0.15, -0.1) is 0 Å². The number of nitrogen functional groups attached to an aromatic ring is 1. The van der Waals surface area contributed by atoms with Crippen LogP contribution in [0.5, 0.6) is 0 Å². The van der Waals surface area contributed by atoms with Crippen molar-refractivity contribution in [3.8, 4) is 0 Å². The third kappa shape index (κ3) is 1.25. The molecule has 0 bridgehead atoms. The van der Waals surface area contributed by atoms with E-state index in [1.807, 2.05) is 0 Å². The number of rotatable bonds is 0. The first-order valence-corrected chi connectivity index (χ1v) is 4.32. The number of fused-ring (bicyclic) bond motifs is 1. The second-order valence-electron chi connectivity index (χ2n) is 2.88. The molecule has 1 aliphatic rings. The molecule has 68 valence electrons. The molecule has 0 radical (unpaired) electrons. The van der Waals surface area contributed by atoms with Crippen LogP contribution < -0.4 is 5.73 Å². The highest BCUT2D eigenvalue weighted by Crippen LogP contribution is 2.29. The van der Waals surface area contributed by atoms with E-state index in [4.69, 9.17) is 22.1 Å². The van der Waals surface area contributed by atoms with Gasteiger partial charge in [-0.05, 0) is 17.7 Å². The van der Waals surface area contributed by atoms with Crippen LogP contribution >= 0.6 is 11.6 Å². The van der Waals surface area contributed by atoms with Gasteiger partial charge in [0.05, 0.1) is 17.2 Å². The average molecular weight is 198 g/mol. The molecule has 1 heterocycles. The molecule has 2 rings (SSSR count). The Morgan fingerprint density at radius 3 is 2.92 bits per heavy atom. The smallest absolute Gasteiger partial charge is 0.340 e. The summed E-state index contributed by atoms with van der Waals surface area (Å²) in [5.74, 6) is -0.376. The average Bonchev–Trinajstić information content (AvgIpc) is 2.12. The molecule has 1 aliphatic heterocycles. The van der Waals surface area contributed by atoms with Gasteiger partial charge in [0.1, 0.15) is 0 Å². The van der Waals surface area contributed by atoms with Gasteiger partial charge in [0, 0.05) is 12.1 Å². The maximum atomic E-state index is 11.3. The Bertz CT molecular complexity index is 376. The van der Waals surface area contributed by atoms with E-state index in [1.165, 1.54) is 0 Å². The van der Waals surface area contributed by atoms with Gasteiger partial charge in [-0.3, -0.25) is 0 Å². The third-order valence-corrected chi connectivity index (χ3v) is 2.40. The first-order chi connectivity index (χ1) is 6.20. The van der Waals surface area contributed by atoms with Crippen LogP contribution in [-0.4, -0.2) is 12.6 Å². The Hall–Kier alpha value is -1.22. The predicted octanol–water partition coefficient (Wildman–Crippen LogP) is 1.64. The standard InChI is InChI=1S/C9H8ClNO2/c10-6-1-2-7(11)5-3-4-13-9(12)8(5)6/h1-2H,3-4,11H2. The summed E-state index contributed by atoms with van der Waals surface area (Å²) >= 11 is 5.85. The number of ether oxygens (including phenoxy) is 1. The maximum Gasteiger partial charge on any atom is 0.340 e. The molecule has 2 N–H and O–H groups in total. The lowest BCUT2D eigenvalue weighted by Crippen LogP contribution is -2.19. The fourth-order valence-corrected chi connectivity index (χ4v) is 1.70. The van der Waals surface area contributed by atoms with E-state index >= 15 is 0 Å². The lowest BCUT2D eigenvalue weighted by molar-refractivity contribution is 0.0481. The number of anilines is 1. The monoisotopic (exact) mass is 197 g/mol. The summed E-state index contributed by atoms with van der Waals surface area (Å²) in [6.45, 7) is 0.385. The summed E-state index contributed by atoms with van der Waals surface area (Å²) in [6.07, 6.45) is 0.646. The third-order valence-electron chi connectivity index (χ3n) is 2.09. The molecule has 0 saturated carbocycles. The Labute approximate surface area is 80.4 Å². The van der Waals surface area contributed by atoms with Crippen LogP contribution in [0.15, 0.2) is 12.1 Å². The largest absolute Gasteiger partial charge is 0.462 e. The van der Waals surface area contributed by atoms with Gasteiger partial charge >= 0.3 is 5.97 Å². The Morgan fingerprint density at radius 2 is 2.23 bits per heavy atom. The fraction of sp³-hybridized carbons (Fsp3) is 0.222. The molecular weight excluding hydrogens is 190 g/mol. The van der Waals surface area contributed by atoms with E-state index in [1.54, 1.807) is 12.1 Å². The van der Waals surface area contributed by atoms with E-state index in [-0.39, 0.29) is 5.97 Å². The fourth-order valence-electron chi connectivity index (χ4n) is 1.44. The van der Waals surface area contributed by atoms with Gasteiger partial charge in [0.2, 0.25) is 0 Å². The van der Waals surface area contributed by atoms with Gasteiger partial charge in [0.25, 0.3) is 0 Å². The van der Waals surface area contributed by atoms with Crippen molar-refractivity contribution in [1.29, 1.82) is 0 Å². The first-order valence-electron chi connectivity index (χ1n) is 3.94. The zero-order chi connectivity index (χ0) is 9.42. The highest BCUT2D eigenvalue weighted by Gasteiger charge is 2.23. The van der Waals surface area contributed by atoms with Crippen LogP contribution in [0.3, 0.4) is 0 Å². The minimum atomic E-state index is -0.376. The first kappa shape index (κ1) is 8.38. The minimum absolute atomic E-state index is 0.376. The number of hydrogen-bond donors (Lipinski definition) is 1.